The van der Waals surface area contributed by atoms with Crippen LogP contribution in [0.1, 0.15) is 29.8 Å². The molecule has 2 aromatic rings. The Morgan fingerprint density at radius 1 is 1.11 bits per heavy atom. The molecule has 144 valence electrons. The summed E-state index contributed by atoms with van der Waals surface area (Å²) in [4.78, 5) is 23.8. The van der Waals surface area contributed by atoms with Crippen LogP contribution in [0, 0.1) is 6.92 Å². The number of sulfonamides is 1. The zero-order valence-electron chi connectivity index (χ0n) is 15.6. The largest absolute Gasteiger partial charge is 0.495 e. The van der Waals surface area contributed by atoms with E-state index in [1.165, 1.54) is 33.1 Å². The lowest BCUT2D eigenvalue weighted by Crippen LogP contribution is -2.41. The molecular formula is C19H22N2O5S. The summed E-state index contributed by atoms with van der Waals surface area (Å²) in [5.41, 5.74) is 1.60. The molecule has 0 heterocycles. The number of ether oxygens (including phenoxy) is 1. The minimum absolute atomic E-state index is 0.0387. The normalized spacial score (nSPS) is 12.3. The number of benzene rings is 2. The number of rotatable bonds is 7. The van der Waals surface area contributed by atoms with Crippen molar-refractivity contribution in [3.05, 3.63) is 53.6 Å². The predicted octanol–water partition coefficient (Wildman–Crippen LogP) is 2.51. The minimum atomic E-state index is -3.97. The third kappa shape index (κ3) is 5.15. The fourth-order valence-electron chi connectivity index (χ4n) is 2.41. The van der Waals surface area contributed by atoms with Crippen LogP contribution in [0.15, 0.2) is 47.4 Å². The van der Waals surface area contributed by atoms with Gasteiger partial charge < -0.3 is 10.1 Å². The molecule has 0 aliphatic heterocycles. The van der Waals surface area contributed by atoms with Gasteiger partial charge in [-0.25, -0.2) is 8.42 Å². The van der Waals surface area contributed by atoms with Crippen LogP contribution in [0.25, 0.3) is 0 Å². The number of methoxy groups -OCH3 is 1. The van der Waals surface area contributed by atoms with Gasteiger partial charge in [0.25, 0.3) is 0 Å². The zero-order chi connectivity index (χ0) is 20.2. The molecule has 2 aromatic carbocycles. The first-order valence-corrected chi connectivity index (χ1v) is 9.71. The summed E-state index contributed by atoms with van der Waals surface area (Å²) in [5, 5.41) is 2.60. The van der Waals surface area contributed by atoms with Crippen molar-refractivity contribution in [2.24, 2.45) is 0 Å². The van der Waals surface area contributed by atoms with Crippen molar-refractivity contribution in [3.63, 3.8) is 0 Å². The van der Waals surface area contributed by atoms with Gasteiger partial charge in [0.05, 0.1) is 13.2 Å². The van der Waals surface area contributed by atoms with Crippen LogP contribution >= 0.6 is 0 Å². The molecule has 7 nitrogen and oxygen atoms in total. The molecule has 27 heavy (non-hydrogen) atoms. The van der Waals surface area contributed by atoms with Gasteiger partial charge in [0.1, 0.15) is 10.6 Å². The molecule has 0 radical (unpaired) electrons. The van der Waals surface area contributed by atoms with E-state index in [0.29, 0.717) is 11.3 Å². The van der Waals surface area contributed by atoms with E-state index in [4.69, 9.17) is 4.74 Å². The van der Waals surface area contributed by atoms with Crippen LogP contribution in [-0.4, -0.2) is 33.3 Å². The monoisotopic (exact) mass is 390 g/mol. The van der Waals surface area contributed by atoms with Gasteiger partial charge in [-0.05, 0) is 50.6 Å². The highest BCUT2D eigenvalue weighted by atomic mass is 32.2. The molecule has 8 heteroatoms. The van der Waals surface area contributed by atoms with Crippen LogP contribution in [-0.2, 0) is 14.8 Å². The molecule has 0 bridgehead atoms. The summed E-state index contributed by atoms with van der Waals surface area (Å²) >= 11 is 0. The fraction of sp³-hybridized carbons (Fsp3) is 0.263. The molecular weight excluding hydrogens is 368 g/mol. The topological polar surface area (TPSA) is 102 Å². The van der Waals surface area contributed by atoms with Crippen LogP contribution < -0.4 is 14.8 Å². The molecule has 0 aromatic heterocycles. The Hall–Kier alpha value is -2.71. The van der Waals surface area contributed by atoms with Gasteiger partial charge in [0.2, 0.25) is 15.9 Å². The molecule has 1 atom stereocenters. The fourth-order valence-corrected chi connectivity index (χ4v) is 3.87. The smallest absolute Gasteiger partial charge is 0.244 e. The Labute approximate surface area is 158 Å². The number of hydrogen-bond donors (Lipinski definition) is 2. The summed E-state index contributed by atoms with van der Waals surface area (Å²) in [6, 6.07) is 10.1. The maximum absolute atomic E-state index is 12.7. The summed E-state index contributed by atoms with van der Waals surface area (Å²) in [7, 11) is -2.60. The van der Waals surface area contributed by atoms with Crippen molar-refractivity contribution in [2.45, 2.75) is 31.7 Å². The van der Waals surface area contributed by atoms with Crippen molar-refractivity contribution < 1.29 is 22.7 Å². The van der Waals surface area contributed by atoms with Crippen LogP contribution in [0.5, 0.6) is 5.75 Å². The predicted molar refractivity (Wildman–Crippen MR) is 103 cm³/mol. The van der Waals surface area contributed by atoms with Crippen molar-refractivity contribution >= 4 is 27.4 Å². The summed E-state index contributed by atoms with van der Waals surface area (Å²) in [5.74, 6) is -0.493. The van der Waals surface area contributed by atoms with Crippen molar-refractivity contribution in [1.29, 1.82) is 0 Å². The van der Waals surface area contributed by atoms with Crippen molar-refractivity contribution in [3.8, 4) is 5.75 Å². The highest BCUT2D eigenvalue weighted by Gasteiger charge is 2.25. The second-order valence-electron chi connectivity index (χ2n) is 6.12. The summed E-state index contributed by atoms with van der Waals surface area (Å²) in [6.07, 6.45) is 0. The highest BCUT2D eigenvalue weighted by molar-refractivity contribution is 7.89. The SMILES string of the molecule is COc1ccc(C)cc1S(=O)(=O)N[C@H](C)C(=O)Nc1cccc(C(C)=O)c1. The lowest BCUT2D eigenvalue weighted by molar-refractivity contribution is -0.117. The van der Waals surface area contributed by atoms with Gasteiger partial charge in [-0.1, -0.05) is 18.2 Å². The number of aryl methyl sites for hydroxylation is 1. The van der Waals surface area contributed by atoms with E-state index in [1.54, 1.807) is 37.3 Å². The summed E-state index contributed by atoms with van der Waals surface area (Å²) in [6.45, 7) is 4.62. The average Bonchev–Trinajstić information content (AvgIpc) is 2.61. The third-order valence-corrected chi connectivity index (χ3v) is 5.43. The lowest BCUT2D eigenvalue weighted by Gasteiger charge is -2.16. The number of carbonyl (C=O) groups excluding carboxylic acids is 2. The Kier molecular flexibility index (Phi) is 6.35. The van der Waals surface area contributed by atoms with E-state index >= 15 is 0 Å². The number of anilines is 1. The van der Waals surface area contributed by atoms with Crippen molar-refractivity contribution in [2.75, 3.05) is 12.4 Å². The zero-order valence-corrected chi connectivity index (χ0v) is 16.4. The number of nitrogens with one attached hydrogen (secondary N) is 2. The standard InChI is InChI=1S/C19H22N2O5S/c1-12-8-9-17(26-4)18(10-12)27(24,25)21-13(2)19(23)20-16-7-5-6-15(11-16)14(3)22/h5-11,13,21H,1-4H3,(H,20,23)/t13-/m1/s1. The maximum Gasteiger partial charge on any atom is 0.244 e. The van der Waals surface area contributed by atoms with Crippen molar-refractivity contribution in [1.82, 2.24) is 4.72 Å². The first kappa shape index (κ1) is 20.6. The first-order chi connectivity index (χ1) is 12.6. The number of amides is 1. The number of ketones is 1. The Morgan fingerprint density at radius 3 is 2.44 bits per heavy atom. The van der Waals surface area contributed by atoms with Gasteiger partial charge in [-0.3, -0.25) is 9.59 Å². The van der Waals surface area contributed by atoms with E-state index in [-0.39, 0.29) is 16.4 Å². The highest BCUT2D eigenvalue weighted by Crippen LogP contribution is 2.24. The van der Waals surface area contributed by atoms with E-state index in [1.807, 2.05) is 0 Å². The minimum Gasteiger partial charge on any atom is -0.495 e. The molecule has 0 aliphatic carbocycles. The van der Waals surface area contributed by atoms with E-state index in [0.717, 1.165) is 5.56 Å². The van der Waals surface area contributed by atoms with E-state index in [9.17, 15) is 18.0 Å². The third-order valence-electron chi connectivity index (χ3n) is 3.87. The van der Waals surface area contributed by atoms with Gasteiger partial charge in [-0.2, -0.15) is 4.72 Å². The first-order valence-electron chi connectivity index (χ1n) is 8.23. The molecule has 2 rings (SSSR count). The molecule has 1 amide bonds. The lowest BCUT2D eigenvalue weighted by atomic mass is 10.1. The maximum atomic E-state index is 12.7. The molecule has 0 saturated carbocycles. The quantitative estimate of drug-likeness (QED) is 0.708. The van der Waals surface area contributed by atoms with Crippen LogP contribution in [0.4, 0.5) is 5.69 Å². The molecule has 0 saturated heterocycles. The van der Waals surface area contributed by atoms with Crippen LogP contribution in [0.2, 0.25) is 0 Å². The molecule has 0 aliphatic rings. The Bertz CT molecular complexity index is 970. The van der Waals surface area contributed by atoms with Gasteiger partial charge in [-0.15, -0.1) is 0 Å². The Morgan fingerprint density at radius 2 is 1.81 bits per heavy atom. The van der Waals surface area contributed by atoms with Gasteiger partial charge in [0, 0.05) is 11.3 Å². The number of hydrogen-bond acceptors (Lipinski definition) is 5. The number of Topliss-reactive ketones (excluding diaryl/α,β-unsaturated/α-hetero) is 1. The van der Waals surface area contributed by atoms with E-state index in [2.05, 4.69) is 10.0 Å². The molecule has 0 spiro atoms. The molecule has 2 N–H and O–H groups in total. The van der Waals surface area contributed by atoms with Gasteiger partial charge >= 0.3 is 0 Å². The average molecular weight is 390 g/mol. The summed E-state index contributed by atoms with van der Waals surface area (Å²) < 4.78 is 32.8. The second-order valence-corrected chi connectivity index (χ2v) is 7.81. The van der Waals surface area contributed by atoms with Crippen LogP contribution in [0.3, 0.4) is 0 Å². The number of carbonyl (C=O) groups is 2. The molecule has 0 unspecified atom stereocenters. The second kappa shape index (κ2) is 8.32. The van der Waals surface area contributed by atoms with Gasteiger partial charge in [0.15, 0.2) is 5.78 Å². The van der Waals surface area contributed by atoms with E-state index < -0.39 is 22.0 Å². The molecule has 0 fully saturated rings. The Balaban J connectivity index is 2.17.